The Labute approximate surface area is 165 Å². The Morgan fingerprint density at radius 1 is 1.30 bits per heavy atom. The van der Waals surface area contributed by atoms with E-state index in [1.807, 2.05) is 50.2 Å². The van der Waals surface area contributed by atoms with Crippen LogP contribution in [0.25, 0.3) is 0 Å². The number of carbonyl (C=O) groups is 1. The second-order valence-corrected chi connectivity index (χ2v) is 8.08. The van der Waals surface area contributed by atoms with Crippen LogP contribution < -0.4 is 15.4 Å². The first-order chi connectivity index (χ1) is 13.1. The predicted molar refractivity (Wildman–Crippen MR) is 108 cm³/mol. The van der Waals surface area contributed by atoms with Gasteiger partial charge in [-0.2, -0.15) is 0 Å². The highest BCUT2D eigenvalue weighted by Crippen LogP contribution is 2.29. The summed E-state index contributed by atoms with van der Waals surface area (Å²) < 4.78 is 11.4. The Balaban J connectivity index is 1.49. The highest BCUT2D eigenvalue weighted by atomic mass is 32.2. The molecular formula is C18H20N4O3S2. The lowest BCUT2D eigenvalue weighted by Crippen LogP contribution is -2.22. The molecule has 0 saturated carbocycles. The van der Waals surface area contributed by atoms with Crippen molar-refractivity contribution < 1.29 is 13.9 Å². The molecule has 1 aromatic carbocycles. The van der Waals surface area contributed by atoms with Crippen LogP contribution in [0.4, 0.5) is 10.8 Å². The number of nitrogens with zero attached hydrogens (tertiary/aromatic N) is 2. The quantitative estimate of drug-likeness (QED) is 0.515. The third-order valence-electron chi connectivity index (χ3n) is 3.48. The van der Waals surface area contributed by atoms with Crippen LogP contribution in [0.3, 0.4) is 0 Å². The van der Waals surface area contributed by atoms with E-state index >= 15 is 0 Å². The Hall–Kier alpha value is -2.52. The SMILES string of the molecule is CCOc1ccc(NC(=O)[C@H](C)Sc2nnc(NCc3ccco3)s2)cc1. The summed E-state index contributed by atoms with van der Waals surface area (Å²) in [5, 5.41) is 14.6. The molecule has 0 radical (unpaired) electrons. The van der Waals surface area contributed by atoms with Crippen molar-refractivity contribution in [3.63, 3.8) is 0 Å². The van der Waals surface area contributed by atoms with Gasteiger partial charge in [-0.05, 0) is 50.2 Å². The van der Waals surface area contributed by atoms with Crippen LogP contribution in [0.1, 0.15) is 19.6 Å². The molecule has 0 saturated heterocycles. The highest BCUT2D eigenvalue weighted by Gasteiger charge is 2.17. The minimum Gasteiger partial charge on any atom is -0.494 e. The van der Waals surface area contributed by atoms with E-state index in [0.717, 1.165) is 21.5 Å². The van der Waals surface area contributed by atoms with Gasteiger partial charge < -0.3 is 19.8 Å². The van der Waals surface area contributed by atoms with Gasteiger partial charge in [0.1, 0.15) is 11.5 Å². The third kappa shape index (κ3) is 5.73. The Kier molecular flexibility index (Phi) is 6.72. The average molecular weight is 405 g/mol. The van der Waals surface area contributed by atoms with E-state index in [4.69, 9.17) is 9.15 Å². The summed E-state index contributed by atoms with van der Waals surface area (Å²) in [4.78, 5) is 12.4. The molecule has 0 fully saturated rings. The van der Waals surface area contributed by atoms with Crippen LogP contribution >= 0.6 is 23.1 Å². The molecule has 2 aromatic heterocycles. The predicted octanol–water partition coefficient (Wildman–Crippen LogP) is 4.26. The molecule has 27 heavy (non-hydrogen) atoms. The first kappa shape index (κ1) is 19.2. The monoisotopic (exact) mass is 404 g/mol. The van der Waals surface area contributed by atoms with Crippen molar-refractivity contribution in [2.75, 3.05) is 17.2 Å². The minimum absolute atomic E-state index is 0.0931. The number of carbonyl (C=O) groups excluding carboxylic acids is 1. The second kappa shape index (κ2) is 9.43. The Morgan fingerprint density at radius 3 is 2.81 bits per heavy atom. The molecule has 3 rings (SSSR count). The van der Waals surface area contributed by atoms with Crippen molar-refractivity contribution in [3.8, 4) is 5.75 Å². The number of amides is 1. The van der Waals surface area contributed by atoms with Crippen molar-refractivity contribution in [2.45, 2.75) is 30.0 Å². The van der Waals surface area contributed by atoms with Crippen molar-refractivity contribution in [2.24, 2.45) is 0 Å². The molecule has 0 unspecified atom stereocenters. The summed E-state index contributed by atoms with van der Waals surface area (Å²) in [5.41, 5.74) is 0.731. The first-order valence-electron chi connectivity index (χ1n) is 8.44. The maximum atomic E-state index is 12.4. The number of furan rings is 1. The molecule has 1 amide bonds. The Morgan fingerprint density at radius 2 is 2.11 bits per heavy atom. The van der Waals surface area contributed by atoms with E-state index in [-0.39, 0.29) is 11.2 Å². The van der Waals surface area contributed by atoms with Gasteiger partial charge in [-0.1, -0.05) is 23.1 Å². The van der Waals surface area contributed by atoms with Crippen molar-refractivity contribution in [1.29, 1.82) is 0 Å². The molecule has 142 valence electrons. The van der Waals surface area contributed by atoms with Crippen molar-refractivity contribution in [3.05, 3.63) is 48.4 Å². The molecule has 0 aliphatic heterocycles. The van der Waals surface area contributed by atoms with Crippen LogP contribution in [0.2, 0.25) is 0 Å². The summed E-state index contributed by atoms with van der Waals surface area (Å²) in [7, 11) is 0. The normalized spacial score (nSPS) is 11.8. The van der Waals surface area contributed by atoms with Gasteiger partial charge in [-0.3, -0.25) is 4.79 Å². The van der Waals surface area contributed by atoms with Gasteiger partial charge in [-0.15, -0.1) is 10.2 Å². The lowest BCUT2D eigenvalue weighted by Gasteiger charge is -2.11. The van der Waals surface area contributed by atoms with E-state index in [0.29, 0.717) is 18.3 Å². The number of hydrogen-bond acceptors (Lipinski definition) is 8. The molecule has 0 aliphatic rings. The van der Waals surface area contributed by atoms with E-state index < -0.39 is 0 Å². The lowest BCUT2D eigenvalue weighted by molar-refractivity contribution is -0.115. The largest absolute Gasteiger partial charge is 0.494 e. The van der Waals surface area contributed by atoms with Crippen LogP contribution in [0, 0.1) is 0 Å². The molecular weight excluding hydrogens is 384 g/mol. The second-order valence-electron chi connectivity index (χ2n) is 5.51. The summed E-state index contributed by atoms with van der Waals surface area (Å²) in [5.74, 6) is 1.51. The number of nitrogens with one attached hydrogen (secondary N) is 2. The molecule has 0 spiro atoms. The molecule has 2 N–H and O–H groups in total. The van der Waals surface area contributed by atoms with E-state index in [2.05, 4.69) is 20.8 Å². The van der Waals surface area contributed by atoms with Crippen LogP contribution in [0.15, 0.2) is 51.4 Å². The molecule has 1 atom stereocenters. The third-order valence-corrected chi connectivity index (χ3v) is 5.55. The number of aromatic nitrogens is 2. The fraction of sp³-hybridized carbons (Fsp3) is 0.278. The van der Waals surface area contributed by atoms with Crippen LogP contribution in [-0.2, 0) is 11.3 Å². The number of hydrogen-bond donors (Lipinski definition) is 2. The maximum Gasteiger partial charge on any atom is 0.237 e. The topological polar surface area (TPSA) is 89.3 Å². The van der Waals surface area contributed by atoms with Gasteiger partial charge in [-0.25, -0.2) is 0 Å². The number of rotatable bonds is 9. The fourth-order valence-corrected chi connectivity index (χ4v) is 4.05. The number of ether oxygens (including phenoxy) is 1. The van der Waals surface area contributed by atoms with Gasteiger partial charge in [0, 0.05) is 5.69 Å². The van der Waals surface area contributed by atoms with Crippen molar-refractivity contribution in [1.82, 2.24) is 10.2 Å². The van der Waals surface area contributed by atoms with E-state index in [1.165, 1.54) is 23.1 Å². The first-order valence-corrected chi connectivity index (χ1v) is 10.1. The van der Waals surface area contributed by atoms with E-state index in [1.54, 1.807) is 6.26 Å². The molecule has 7 nitrogen and oxygen atoms in total. The van der Waals surface area contributed by atoms with E-state index in [9.17, 15) is 4.79 Å². The fourth-order valence-electron chi connectivity index (χ4n) is 2.15. The summed E-state index contributed by atoms with van der Waals surface area (Å²) in [6, 6.07) is 11.0. The van der Waals surface area contributed by atoms with Gasteiger partial charge in [0.05, 0.1) is 24.7 Å². The van der Waals surface area contributed by atoms with Crippen LogP contribution in [-0.4, -0.2) is 28.0 Å². The lowest BCUT2D eigenvalue weighted by atomic mass is 10.3. The number of benzene rings is 1. The van der Waals surface area contributed by atoms with Gasteiger partial charge in [0.15, 0.2) is 4.34 Å². The summed E-state index contributed by atoms with van der Waals surface area (Å²) in [6.45, 7) is 4.92. The highest BCUT2D eigenvalue weighted by molar-refractivity contribution is 8.02. The molecule has 9 heteroatoms. The van der Waals surface area contributed by atoms with Crippen LogP contribution in [0.5, 0.6) is 5.75 Å². The van der Waals surface area contributed by atoms with Gasteiger partial charge >= 0.3 is 0 Å². The average Bonchev–Trinajstić information content (AvgIpc) is 3.33. The molecule has 0 aliphatic carbocycles. The zero-order chi connectivity index (χ0) is 19.1. The zero-order valence-corrected chi connectivity index (χ0v) is 16.6. The molecule has 0 bridgehead atoms. The van der Waals surface area contributed by atoms with Gasteiger partial charge in [0.2, 0.25) is 11.0 Å². The smallest absolute Gasteiger partial charge is 0.237 e. The van der Waals surface area contributed by atoms with Crippen molar-refractivity contribution >= 4 is 39.8 Å². The molecule has 3 aromatic rings. The van der Waals surface area contributed by atoms with Gasteiger partial charge in [0.25, 0.3) is 0 Å². The zero-order valence-electron chi connectivity index (χ0n) is 15.0. The summed E-state index contributed by atoms with van der Waals surface area (Å²) >= 11 is 2.78. The molecule has 2 heterocycles. The number of thioether (sulfide) groups is 1. The number of anilines is 2. The minimum atomic E-state index is -0.303. The summed E-state index contributed by atoms with van der Waals surface area (Å²) in [6.07, 6.45) is 1.63. The Bertz CT molecular complexity index is 850. The maximum absolute atomic E-state index is 12.4. The standard InChI is InChI=1S/C18H20N4O3S2/c1-3-24-14-8-6-13(7-9-14)20-16(23)12(2)26-18-22-21-17(27-18)19-11-15-5-4-10-25-15/h4-10,12H,3,11H2,1-2H3,(H,19,21)(H,20,23)/t12-/m0/s1.